The lowest BCUT2D eigenvalue weighted by Gasteiger charge is -2.25. The van der Waals surface area contributed by atoms with Gasteiger partial charge in [0.2, 0.25) is 0 Å². The Morgan fingerprint density at radius 2 is 1.80 bits per heavy atom. The van der Waals surface area contributed by atoms with Crippen molar-refractivity contribution >= 4 is 6.09 Å². The minimum absolute atomic E-state index is 0.232. The molecular weight excluding hydrogens is 252 g/mol. The molecule has 0 aromatic heterocycles. The molecule has 0 saturated heterocycles. The summed E-state index contributed by atoms with van der Waals surface area (Å²) < 4.78 is 5.39. The summed E-state index contributed by atoms with van der Waals surface area (Å²) in [6, 6.07) is 9.76. The number of carbonyl (C=O) groups is 1. The normalized spacial score (nSPS) is 10.9. The summed E-state index contributed by atoms with van der Waals surface area (Å²) in [5, 5.41) is 0. The molecule has 0 aliphatic carbocycles. The smallest absolute Gasteiger partial charge is 0.410 e. The average molecular weight is 278 g/mol. The molecule has 0 spiro atoms. The Hall–Kier alpha value is -1.55. The van der Waals surface area contributed by atoms with Gasteiger partial charge in [-0.05, 0) is 25.6 Å². The van der Waals surface area contributed by atoms with Crippen molar-refractivity contribution in [1.29, 1.82) is 0 Å². The molecule has 0 atom stereocenters. The van der Waals surface area contributed by atoms with Gasteiger partial charge in [0.15, 0.2) is 0 Å². The van der Waals surface area contributed by atoms with E-state index < -0.39 is 0 Å². The largest absolute Gasteiger partial charge is 0.445 e. The third kappa shape index (κ3) is 6.57. The van der Waals surface area contributed by atoms with Gasteiger partial charge in [-0.15, -0.1) is 0 Å². The molecule has 4 nitrogen and oxygen atoms in total. The van der Waals surface area contributed by atoms with Gasteiger partial charge in [0.05, 0.1) is 0 Å². The molecule has 1 aromatic carbocycles. The third-order valence-electron chi connectivity index (χ3n) is 2.87. The highest BCUT2D eigenvalue weighted by atomic mass is 16.6. The number of amides is 1. The summed E-state index contributed by atoms with van der Waals surface area (Å²) in [6.07, 6.45) is -0.232. The molecule has 0 fully saturated rings. The van der Waals surface area contributed by atoms with Gasteiger partial charge in [-0.3, -0.25) is 0 Å². The van der Waals surface area contributed by atoms with Gasteiger partial charge in [0.25, 0.3) is 0 Å². The summed E-state index contributed by atoms with van der Waals surface area (Å²) in [7, 11) is 4.01. The molecule has 0 aliphatic heterocycles. The Balaban J connectivity index is 2.49. The molecule has 0 aliphatic rings. The summed E-state index contributed by atoms with van der Waals surface area (Å²) in [5.41, 5.74) is 1.01. The number of benzene rings is 1. The van der Waals surface area contributed by atoms with Crippen LogP contribution in [0.1, 0.15) is 19.4 Å². The van der Waals surface area contributed by atoms with Crippen LogP contribution in [0.15, 0.2) is 30.3 Å². The van der Waals surface area contributed by atoms with Crippen LogP contribution in [0.3, 0.4) is 0 Å². The Labute approximate surface area is 122 Å². The number of nitrogens with zero attached hydrogens (tertiary/aromatic N) is 2. The molecule has 1 rings (SSSR count). The van der Waals surface area contributed by atoms with E-state index >= 15 is 0 Å². The van der Waals surface area contributed by atoms with E-state index in [0.717, 1.165) is 18.7 Å². The maximum atomic E-state index is 12.1. The first-order valence-corrected chi connectivity index (χ1v) is 7.09. The van der Waals surface area contributed by atoms with E-state index in [1.54, 1.807) is 4.90 Å². The van der Waals surface area contributed by atoms with Crippen molar-refractivity contribution in [2.75, 3.05) is 33.7 Å². The second-order valence-corrected chi connectivity index (χ2v) is 5.68. The van der Waals surface area contributed by atoms with Crippen molar-refractivity contribution in [2.24, 2.45) is 5.92 Å². The van der Waals surface area contributed by atoms with Crippen LogP contribution in [0.5, 0.6) is 0 Å². The zero-order valence-corrected chi connectivity index (χ0v) is 13.0. The second-order valence-electron chi connectivity index (χ2n) is 5.68. The lowest BCUT2D eigenvalue weighted by atomic mass is 10.2. The van der Waals surface area contributed by atoms with Gasteiger partial charge < -0.3 is 14.5 Å². The van der Waals surface area contributed by atoms with E-state index in [4.69, 9.17) is 4.74 Å². The molecule has 1 aromatic rings. The maximum Gasteiger partial charge on any atom is 0.410 e. The Kier molecular flexibility index (Phi) is 7.09. The minimum Gasteiger partial charge on any atom is -0.445 e. The van der Waals surface area contributed by atoms with Crippen LogP contribution < -0.4 is 0 Å². The van der Waals surface area contributed by atoms with Crippen LogP contribution in [0.2, 0.25) is 0 Å². The van der Waals surface area contributed by atoms with Gasteiger partial charge >= 0.3 is 6.09 Å². The molecule has 0 unspecified atom stereocenters. The number of carbonyl (C=O) groups excluding carboxylic acids is 1. The van der Waals surface area contributed by atoms with E-state index in [9.17, 15) is 4.79 Å². The second kappa shape index (κ2) is 8.59. The van der Waals surface area contributed by atoms with E-state index in [1.165, 1.54) is 0 Å². The summed E-state index contributed by atoms with van der Waals surface area (Å²) in [5.74, 6) is 0.432. The number of likely N-dealkylation sites (N-methyl/N-ethyl adjacent to an activating group) is 1. The zero-order valence-electron chi connectivity index (χ0n) is 13.0. The summed E-state index contributed by atoms with van der Waals surface area (Å²) in [6.45, 7) is 6.80. The van der Waals surface area contributed by atoms with Crippen molar-refractivity contribution in [3.8, 4) is 0 Å². The molecular formula is C16H26N2O2. The van der Waals surface area contributed by atoms with Crippen LogP contribution in [-0.4, -0.2) is 49.6 Å². The van der Waals surface area contributed by atoms with E-state index in [1.807, 2.05) is 44.4 Å². The Morgan fingerprint density at radius 1 is 1.15 bits per heavy atom. The highest BCUT2D eigenvalue weighted by Gasteiger charge is 2.16. The molecule has 112 valence electrons. The van der Waals surface area contributed by atoms with Gasteiger partial charge in [-0.2, -0.15) is 0 Å². The first-order valence-electron chi connectivity index (χ1n) is 7.09. The van der Waals surface area contributed by atoms with Crippen molar-refractivity contribution in [1.82, 2.24) is 9.80 Å². The van der Waals surface area contributed by atoms with Crippen LogP contribution in [0.4, 0.5) is 4.79 Å². The molecule has 0 bridgehead atoms. The highest BCUT2D eigenvalue weighted by molar-refractivity contribution is 5.67. The van der Waals surface area contributed by atoms with Crippen LogP contribution in [0.25, 0.3) is 0 Å². The van der Waals surface area contributed by atoms with E-state index in [-0.39, 0.29) is 6.09 Å². The molecule has 0 radical (unpaired) electrons. The molecule has 1 amide bonds. The highest BCUT2D eigenvalue weighted by Crippen LogP contribution is 2.06. The van der Waals surface area contributed by atoms with Crippen LogP contribution >= 0.6 is 0 Å². The van der Waals surface area contributed by atoms with Gasteiger partial charge in [-0.1, -0.05) is 44.2 Å². The molecule has 4 heteroatoms. The van der Waals surface area contributed by atoms with Crippen molar-refractivity contribution < 1.29 is 9.53 Å². The fraction of sp³-hybridized carbons (Fsp3) is 0.562. The molecule has 20 heavy (non-hydrogen) atoms. The fourth-order valence-corrected chi connectivity index (χ4v) is 1.83. The van der Waals surface area contributed by atoms with Gasteiger partial charge in [-0.25, -0.2) is 4.79 Å². The van der Waals surface area contributed by atoms with Crippen LogP contribution in [-0.2, 0) is 11.3 Å². The Morgan fingerprint density at radius 3 is 2.35 bits per heavy atom. The van der Waals surface area contributed by atoms with Crippen molar-refractivity contribution in [3.05, 3.63) is 35.9 Å². The molecule has 0 heterocycles. The quantitative estimate of drug-likeness (QED) is 0.769. The van der Waals surface area contributed by atoms with Crippen molar-refractivity contribution in [2.45, 2.75) is 20.5 Å². The zero-order chi connectivity index (χ0) is 15.0. The first kappa shape index (κ1) is 16.5. The predicted octanol–water partition coefficient (Wildman–Crippen LogP) is 2.84. The number of ether oxygens (including phenoxy) is 1. The van der Waals surface area contributed by atoms with E-state index in [0.29, 0.717) is 19.1 Å². The summed E-state index contributed by atoms with van der Waals surface area (Å²) >= 11 is 0. The number of hydrogen-bond acceptors (Lipinski definition) is 3. The van der Waals surface area contributed by atoms with Gasteiger partial charge in [0, 0.05) is 19.6 Å². The minimum atomic E-state index is -0.232. The average Bonchev–Trinajstić information content (AvgIpc) is 2.41. The topological polar surface area (TPSA) is 32.8 Å². The number of rotatable bonds is 7. The standard InChI is InChI=1S/C16H26N2O2/c1-14(2)12-18(11-10-17(3)4)16(19)20-13-15-8-6-5-7-9-15/h5-9,14H,10-13H2,1-4H3. The maximum absolute atomic E-state index is 12.1. The first-order chi connectivity index (χ1) is 9.49. The fourth-order valence-electron chi connectivity index (χ4n) is 1.83. The third-order valence-corrected chi connectivity index (χ3v) is 2.87. The predicted molar refractivity (Wildman–Crippen MR) is 81.6 cm³/mol. The van der Waals surface area contributed by atoms with E-state index in [2.05, 4.69) is 18.7 Å². The van der Waals surface area contributed by atoms with Crippen LogP contribution in [0, 0.1) is 5.92 Å². The molecule has 0 saturated carbocycles. The van der Waals surface area contributed by atoms with Crippen molar-refractivity contribution in [3.63, 3.8) is 0 Å². The molecule has 0 N–H and O–H groups in total. The Bertz CT molecular complexity index is 391. The number of hydrogen-bond donors (Lipinski definition) is 0. The lowest BCUT2D eigenvalue weighted by Crippen LogP contribution is -2.39. The lowest BCUT2D eigenvalue weighted by molar-refractivity contribution is 0.0894. The SMILES string of the molecule is CC(C)CN(CCN(C)C)C(=O)OCc1ccccc1. The summed E-state index contributed by atoms with van der Waals surface area (Å²) in [4.78, 5) is 16.0. The van der Waals surface area contributed by atoms with Gasteiger partial charge in [0.1, 0.15) is 6.61 Å². The monoisotopic (exact) mass is 278 g/mol.